The Morgan fingerprint density at radius 3 is 2.68 bits per heavy atom. The minimum absolute atomic E-state index is 0.275. The maximum absolute atomic E-state index is 12.0. The van der Waals surface area contributed by atoms with E-state index in [2.05, 4.69) is 21.9 Å². The Hall–Kier alpha value is -2.73. The molecule has 0 radical (unpaired) electrons. The number of nitrogens with one attached hydrogen (secondary N) is 3. The topological polar surface area (TPSA) is 90.0 Å². The molecule has 2 rings (SSSR count). The second-order valence-corrected chi connectivity index (χ2v) is 4.89. The van der Waals surface area contributed by atoms with E-state index in [9.17, 15) is 4.79 Å². The minimum atomic E-state index is -0.275. The molecule has 6 N–H and O–H groups in total. The van der Waals surface area contributed by atoms with Crippen LogP contribution in [0.5, 0.6) is 5.75 Å². The number of ether oxygens (including phenoxy) is 1. The van der Waals surface area contributed by atoms with Gasteiger partial charge in [0.25, 0.3) is 0 Å². The minimum Gasteiger partial charge on any atom is -0.497 e. The van der Waals surface area contributed by atoms with Crippen molar-refractivity contribution in [2.45, 2.75) is 13.5 Å². The standard InChI is InChI=1S/C16H20N4O2/c1-11-4-3-5-12(8-11)10-18-16(21)19-14-7-6-13(22-2)9-15(14)20-17/h3-9,20H,10,17H2,1-2H3,(H2,18,19,21)/p+1. The first-order valence-electron chi connectivity index (χ1n) is 6.94. The van der Waals surface area contributed by atoms with Crippen LogP contribution in [0.15, 0.2) is 42.5 Å². The van der Waals surface area contributed by atoms with Gasteiger partial charge in [-0.15, -0.1) is 0 Å². The highest BCUT2D eigenvalue weighted by molar-refractivity contribution is 5.93. The normalized spacial score (nSPS) is 9.95. The largest absolute Gasteiger partial charge is 0.497 e. The molecule has 0 aliphatic heterocycles. The molecule has 0 bridgehead atoms. The van der Waals surface area contributed by atoms with E-state index < -0.39 is 0 Å². The number of methoxy groups -OCH3 is 1. The first-order valence-corrected chi connectivity index (χ1v) is 6.94. The molecule has 0 saturated heterocycles. The Morgan fingerprint density at radius 2 is 2.00 bits per heavy atom. The molecule has 0 spiro atoms. The Labute approximate surface area is 129 Å². The number of hydrogen-bond acceptors (Lipinski definition) is 3. The van der Waals surface area contributed by atoms with Gasteiger partial charge in [0.05, 0.1) is 12.8 Å². The predicted octanol–water partition coefficient (Wildman–Crippen LogP) is 1.89. The molecule has 6 heteroatoms. The molecule has 2 amide bonds. The van der Waals surface area contributed by atoms with Gasteiger partial charge in [0, 0.05) is 12.6 Å². The smallest absolute Gasteiger partial charge is 0.319 e. The summed E-state index contributed by atoms with van der Waals surface area (Å²) in [5.74, 6) is 4.32. The molecule has 0 heterocycles. The zero-order valence-corrected chi connectivity index (χ0v) is 12.8. The summed E-state index contributed by atoms with van der Waals surface area (Å²) in [6.45, 7) is 2.49. The number of amides is 2. The van der Waals surface area contributed by atoms with Crippen molar-refractivity contribution in [1.29, 1.82) is 0 Å². The van der Waals surface area contributed by atoms with E-state index in [4.69, 9.17) is 4.74 Å². The Bertz CT molecular complexity index is 658. The van der Waals surface area contributed by atoms with Crippen LogP contribution in [0.4, 0.5) is 16.2 Å². The third-order valence-electron chi connectivity index (χ3n) is 3.20. The highest BCUT2D eigenvalue weighted by Gasteiger charge is 2.08. The van der Waals surface area contributed by atoms with Gasteiger partial charge in [-0.25, -0.2) is 10.2 Å². The van der Waals surface area contributed by atoms with E-state index in [1.807, 2.05) is 31.2 Å². The highest BCUT2D eigenvalue weighted by Crippen LogP contribution is 2.25. The van der Waals surface area contributed by atoms with Crippen molar-refractivity contribution in [3.8, 4) is 5.75 Å². The van der Waals surface area contributed by atoms with Gasteiger partial charge in [-0.05, 0) is 24.6 Å². The van der Waals surface area contributed by atoms with Crippen LogP contribution >= 0.6 is 0 Å². The summed E-state index contributed by atoms with van der Waals surface area (Å²) in [4.78, 5) is 12.0. The summed E-state index contributed by atoms with van der Waals surface area (Å²) in [7, 11) is 1.59. The van der Waals surface area contributed by atoms with Crippen molar-refractivity contribution in [2.75, 3.05) is 17.9 Å². The maximum atomic E-state index is 12.0. The number of hydrogen-bond donors (Lipinski definition) is 4. The molecule has 0 aromatic heterocycles. The van der Waals surface area contributed by atoms with Gasteiger partial charge in [0.1, 0.15) is 11.4 Å². The van der Waals surface area contributed by atoms with Gasteiger partial charge in [-0.2, -0.15) is 0 Å². The molecular formula is C16H21N4O2+. The number of aryl methyl sites for hydroxylation is 1. The SMILES string of the molecule is COc1ccc(NC(=O)NCc2cccc(C)c2)c(N[NH3+])c1. The first kappa shape index (κ1) is 15.7. The zero-order valence-electron chi connectivity index (χ0n) is 12.8. The second-order valence-electron chi connectivity index (χ2n) is 4.89. The number of quaternary nitrogens is 1. The molecule has 6 nitrogen and oxygen atoms in total. The highest BCUT2D eigenvalue weighted by atomic mass is 16.5. The van der Waals surface area contributed by atoms with Gasteiger partial charge < -0.3 is 15.4 Å². The molecular weight excluding hydrogens is 280 g/mol. The molecule has 116 valence electrons. The monoisotopic (exact) mass is 301 g/mol. The third-order valence-corrected chi connectivity index (χ3v) is 3.20. The van der Waals surface area contributed by atoms with Gasteiger partial charge in [0.2, 0.25) is 0 Å². The molecule has 2 aromatic rings. The van der Waals surface area contributed by atoms with E-state index in [0.29, 0.717) is 23.7 Å². The predicted molar refractivity (Wildman–Crippen MR) is 86.5 cm³/mol. The average molecular weight is 301 g/mol. The van der Waals surface area contributed by atoms with E-state index in [1.54, 1.807) is 25.3 Å². The molecule has 22 heavy (non-hydrogen) atoms. The van der Waals surface area contributed by atoms with Crippen molar-refractivity contribution < 1.29 is 15.4 Å². The van der Waals surface area contributed by atoms with Crippen LogP contribution in [0, 0.1) is 6.92 Å². The van der Waals surface area contributed by atoms with Crippen LogP contribution in [-0.2, 0) is 6.54 Å². The Kier molecular flexibility index (Phi) is 5.21. The van der Waals surface area contributed by atoms with Crippen LogP contribution in [0.1, 0.15) is 11.1 Å². The Morgan fingerprint density at radius 1 is 1.18 bits per heavy atom. The van der Waals surface area contributed by atoms with Crippen LogP contribution in [0.25, 0.3) is 0 Å². The van der Waals surface area contributed by atoms with Crippen LogP contribution < -0.4 is 26.6 Å². The molecule has 0 saturated carbocycles. The van der Waals surface area contributed by atoms with Crippen molar-refractivity contribution in [3.63, 3.8) is 0 Å². The van der Waals surface area contributed by atoms with E-state index in [0.717, 1.165) is 5.56 Å². The van der Waals surface area contributed by atoms with Crippen molar-refractivity contribution in [2.24, 2.45) is 0 Å². The lowest BCUT2D eigenvalue weighted by atomic mass is 10.1. The molecule has 0 fully saturated rings. The van der Waals surface area contributed by atoms with Gasteiger partial charge >= 0.3 is 6.03 Å². The quantitative estimate of drug-likeness (QED) is 0.636. The first-order chi connectivity index (χ1) is 10.6. The van der Waals surface area contributed by atoms with Gasteiger partial charge in [0.15, 0.2) is 0 Å². The summed E-state index contributed by atoms with van der Waals surface area (Å²) >= 11 is 0. The van der Waals surface area contributed by atoms with Crippen molar-refractivity contribution >= 4 is 17.4 Å². The number of carbonyl (C=O) groups is 1. The van der Waals surface area contributed by atoms with Gasteiger partial charge in [-0.1, -0.05) is 29.8 Å². The zero-order chi connectivity index (χ0) is 15.9. The van der Waals surface area contributed by atoms with Crippen LogP contribution in [0.2, 0.25) is 0 Å². The fourth-order valence-corrected chi connectivity index (χ4v) is 2.08. The maximum Gasteiger partial charge on any atom is 0.319 e. The summed E-state index contributed by atoms with van der Waals surface area (Å²) < 4.78 is 5.14. The molecule has 0 atom stereocenters. The molecule has 0 aliphatic carbocycles. The Balaban J connectivity index is 1.97. The number of urea groups is 1. The van der Waals surface area contributed by atoms with E-state index in [-0.39, 0.29) is 6.03 Å². The second kappa shape index (κ2) is 7.33. The fraction of sp³-hybridized carbons (Fsp3) is 0.188. The lowest BCUT2D eigenvalue weighted by molar-refractivity contribution is -0.325. The summed E-state index contributed by atoms with van der Waals surface area (Å²) in [5, 5.41) is 5.61. The summed E-state index contributed by atoms with van der Waals surface area (Å²) in [6.07, 6.45) is 0. The van der Waals surface area contributed by atoms with E-state index in [1.165, 1.54) is 5.56 Å². The number of rotatable bonds is 5. The van der Waals surface area contributed by atoms with Crippen molar-refractivity contribution in [3.05, 3.63) is 53.6 Å². The molecule has 0 unspecified atom stereocenters. The molecule has 0 aliphatic rings. The van der Waals surface area contributed by atoms with Gasteiger partial charge in [-0.3, -0.25) is 5.84 Å². The summed E-state index contributed by atoms with van der Waals surface area (Å²) in [5.41, 5.74) is 6.33. The summed E-state index contributed by atoms with van der Waals surface area (Å²) in [6, 6.07) is 13.0. The number of benzene rings is 2. The lowest BCUT2D eigenvalue weighted by Gasteiger charge is -2.12. The lowest BCUT2D eigenvalue weighted by Crippen LogP contribution is -2.56. The molecule has 2 aromatic carbocycles. The van der Waals surface area contributed by atoms with Crippen LogP contribution in [0.3, 0.4) is 0 Å². The number of carbonyl (C=O) groups excluding carboxylic acids is 1. The van der Waals surface area contributed by atoms with Crippen LogP contribution in [-0.4, -0.2) is 13.1 Å². The average Bonchev–Trinajstić information content (AvgIpc) is 2.53. The number of anilines is 2. The van der Waals surface area contributed by atoms with E-state index >= 15 is 0 Å². The third kappa shape index (κ3) is 4.13. The van der Waals surface area contributed by atoms with Crippen molar-refractivity contribution in [1.82, 2.24) is 5.32 Å². The fourth-order valence-electron chi connectivity index (χ4n) is 2.08.